The monoisotopic (exact) mass is 198 g/mol. The normalized spacial score (nSPS) is 29.9. The fourth-order valence-electron chi connectivity index (χ4n) is 2.62. The SMILES string of the molecule is O=C(O)CCC1CCOC2(CCC2)C1. The Labute approximate surface area is 84.4 Å². The molecule has 1 saturated heterocycles. The molecule has 1 N–H and O–H groups in total. The summed E-state index contributed by atoms with van der Waals surface area (Å²) in [5.74, 6) is -0.0840. The van der Waals surface area contributed by atoms with Crippen LogP contribution < -0.4 is 0 Å². The quantitative estimate of drug-likeness (QED) is 0.756. The van der Waals surface area contributed by atoms with Gasteiger partial charge in [-0.05, 0) is 44.4 Å². The molecule has 0 bridgehead atoms. The molecule has 0 radical (unpaired) electrons. The van der Waals surface area contributed by atoms with Crippen molar-refractivity contribution in [3.63, 3.8) is 0 Å². The van der Waals surface area contributed by atoms with Gasteiger partial charge in [0.1, 0.15) is 0 Å². The van der Waals surface area contributed by atoms with E-state index in [9.17, 15) is 4.79 Å². The molecule has 0 aromatic heterocycles. The molecule has 1 spiro atoms. The molecule has 2 rings (SSSR count). The number of carboxylic acid groups (broad SMARTS) is 1. The van der Waals surface area contributed by atoms with Crippen LogP contribution in [0.25, 0.3) is 0 Å². The summed E-state index contributed by atoms with van der Waals surface area (Å²) in [6.45, 7) is 0.838. The number of hydrogen-bond acceptors (Lipinski definition) is 2. The van der Waals surface area contributed by atoms with Crippen molar-refractivity contribution in [2.45, 2.75) is 50.5 Å². The topological polar surface area (TPSA) is 46.5 Å². The lowest BCUT2D eigenvalue weighted by molar-refractivity contribution is -0.148. The van der Waals surface area contributed by atoms with Gasteiger partial charge in [-0.2, -0.15) is 0 Å². The Balaban J connectivity index is 1.79. The van der Waals surface area contributed by atoms with E-state index in [2.05, 4.69) is 0 Å². The first-order chi connectivity index (χ1) is 6.70. The van der Waals surface area contributed by atoms with E-state index in [4.69, 9.17) is 9.84 Å². The molecule has 3 nitrogen and oxygen atoms in total. The summed E-state index contributed by atoms with van der Waals surface area (Å²) in [7, 11) is 0. The summed E-state index contributed by atoms with van der Waals surface area (Å²) in [5.41, 5.74) is 0.168. The fourth-order valence-corrected chi connectivity index (χ4v) is 2.62. The Morgan fingerprint density at radius 1 is 1.50 bits per heavy atom. The number of carboxylic acids is 1. The average Bonchev–Trinajstić information content (AvgIpc) is 2.13. The predicted molar refractivity (Wildman–Crippen MR) is 52.1 cm³/mol. The molecule has 0 aromatic carbocycles. The minimum Gasteiger partial charge on any atom is -0.481 e. The highest BCUT2D eigenvalue weighted by atomic mass is 16.5. The highest BCUT2D eigenvalue weighted by molar-refractivity contribution is 5.66. The Bertz CT molecular complexity index is 221. The first-order valence-electron chi connectivity index (χ1n) is 5.56. The summed E-state index contributed by atoms with van der Waals surface area (Å²) < 4.78 is 5.79. The lowest BCUT2D eigenvalue weighted by Crippen LogP contribution is -2.45. The summed E-state index contributed by atoms with van der Waals surface area (Å²) in [6, 6.07) is 0. The molecule has 1 unspecified atom stereocenters. The third kappa shape index (κ3) is 2.08. The van der Waals surface area contributed by atoms with Gasteiger partial charge in [0.25, 0.3) is 0 Å². The smallest absolute Gasteiger partial charge is 0.303 e. The Morgan fingerprint density at radius 2 is 2.29 bits per heavy atom. The van der Waals surface area contributed by atoms with Crippen LogP contribution in [0.5, 0.6) is 0 Å². The zero-order valence-corrected chi connectivity index (χ0v) is 8.50. The third-order valence-corrected chi connectivity index (χ3v) is 3.63. The number of rotatable bonds is 3. The summed E-state index contributed by atoms with van der Waals surface area (Å²) in [4.78, 5) is 10.5. The number of aliphatic carboxylic acids is 1. The number of ether oxygens (including phenoxy) is 1. The summed E-state index contributed by atoms with van der Waals surface area (Å²) in [5, 5.41) is 8.61. The van der Waals surface area contributed by atoms with Crippen molar-refractivity contribution in [3.8, 4) is 0 Å². The van der Waals surface area contributed by atoms with E-state index in [1.54, 1.807) is 0 Å². The van der Waals surface area contributed by atoms with Crippen LogP contribution in [0, 0.1) is 5.92 Å². The molecule has 3 heteroatoms. The second-order valence-electron chi connectivity index (χ2n) is 4.68. The summed E-state index contributed by atoms with van der Waals surface area (Å²) >= 11 is 0. The standard InChI is InChI=1S/C11H18O3/c12-10(13)3-2-9-4-7-14-11(8-9)5-1-6-11/h9H,1-8H2,(H,12,13). The molecule has 1 saturated carbocycles. The van der Waals surface area contributed by atoms with E-state index in [0.29, 0.717) is 12.3 Å². The summed E-state index contributed by atoms with van der Waals surface area (Å²) in [6.07, 6.45) is 6.97. The van der Waals surface area contributed by atoms with Gasteiger partial charge >= 0.3 is 5.97 Å². The maximum atomic E-state index is 10.5. The predicted octanol–water partition coefficient (Wildman–Crippen LogP) is 2.20. The third-order valence-electron chi connectivity index (χ3n) is 3.63. The lowest BCUT2D eigenvalue weighted by atomic mass is 9.71. The molecule has 1 aliphatic heterocycles. The maximum absolute atomic E-state index is 10.5. The average molecular weight is 198 g/mol. The molecule has 0 aromatic rings. The van der Waals surface area contributed by atoms with Gasteiger partial charge in [-0.15, -0.1) is 0 Å². The van der Waals surface area contributed by atoms with Gasteiger partial charge in [-0.3, -0.25) is 4.79 Å². The number of hydrogen-bond donors (Lipinski definition) is 1. The van der Waals surface area contributed by atoms with Crippen molar-refractivity contribution in [2.75, 3.05) is 6.61 Å². The van der Waals surface area contributed by atoms with Gasteiger partial charge < -0.3 is 9.84 Å². The molecule has 2 aliphatic rings. The van der Waals surface area contributed by atoms with Gasteiger partial charge in [-0.25, -0.2) is 0 Å². The molecule has 0 amide bonds. The van der Waals surface area contributed by atoms with E-state index >= 15 is 0 Å². The van der Waals surface area contributed by atoms with Crippen LogP contribution in [0.2, 0.25) is 0 Å². The second-order valence-corrected chi connectivity index (χ2v) is 4.68. The fraction of sp³-hybridized carbons (Fsp3) is 0.909. The van der Waals surface area contributed by atoms with Gasteiger partial charge in [0.2, 0.25) is 0 Å². The van der Waals surface area contributed by atoms with Crippen molar-refractivity contribution < 1.29 is 14.6 Å². The first-order valence-corrected chi connectivity index (χ1v) is 5.56. The lowest BCUT2D eigenvalue weighted by Gasteiger charge is -2.47. The van der Waals surface area contributed by atoms with Crippen LogP contribution in [-0.2, 0) is 9.53 Å². The molecule has 2 fully saturated rings. The van der Waals surface area contributed by atoms with E-state index in [-0.39, 0.29) is 5.60 Å². The Hall–Kier alpha value is -0.570. The zero-order valence-electron chi connectivity index (χ0n) is 8.50. The van der Waals surface area contributed by atoms with Crippen molar-refractivity contribution in [3.05, 3.63) is 0 Å². The molecule has 80 valence electrons. The minimum atomic E-state index is -0.667. The Morgan fingerprint density at radius 3 is 2.86 bits per heavy atom. The van der Waals surface area contributed by atoms with Crippen LogP contribution in [-0.4, -0.2) is 23.3 Å². The molecule has 1 heterocycles. The largest absolute Gasteiger partial charge is 0.481 e. The van der Waals surface area contributed by atoms with E-state index < -0.39 is 5.97 Å². The van der Waals surface area contributed by atoms with Gasteiger partial charge in [0.05, 0.1) is 5.60 Å². The number of carbonyl (C=O) groups is 1. The van der Waals surface area contributed by atoms with E-state index in [1.165, 1.54) is 19.3 Å². The van der Waals surface area contributed by atoms with Crippen molar-refractivity contribution in [2.24, 2.45) is 5.92 Å². The van der Waals surface area contributed by atoms with Crippen LogP contribution >= 0.6 is 0 Å². The highest BCUT2D eigenvalue weighted by Gasteiger charge is 2.42. The van der Waals surface area contributed by atoms with Crippen LogP contribution in [0.1, 0.15) is 44.9 Å². The van der Waals surface area contributed by atoms with Crippen molar-refractivity contribution >= 4 is 5.97 Å². The first kappa shape index (κ1) is 9.97. The highest BCUT2D eigenvalue weighted by Crippen LogP contribution is 2.45. The van der Waals surface area contributed by atoms with Crippen LogP contribution in [0.15, 0.2) is 0 Å². The van der Waals surface area contributed by atoms with E-state index in [0.717, 1.165) is 25.9 Å². The van der Waals surface area contributed by atoms with Crippen molar-refractivity contribution in [1.29, 1.82) is 0 Å². The zero-order chi connectivity index (χ0) is 10.0. The minimum absolute atomic E-state index is 0.168. The van der Waals surface area contributed by atoms with E-state index in [1.807, 2.05) is 0 Å². The molecular formula is C11H18O3. The second kappa shape index (κ2) is 3.89. The van der Waals surface area contributed by atoms with Gasteiger partial charge in [0.15, 0.2) is 0 Å². The van der Waals surface area contributed by atoms with Gasteiger partial charge in [-0.1, -0.05) is 0 Å². The Kier molecular flexibility index (Phi) is 2.77. The van der Waals surface area contributed by atoms with Crippen molar-refractivity contribution in [1.82, 2.24) is 0 Å². The molecule has 14 heavy (non-hydrogen) atoms. The maximum Gasteiger partial charge on any atom is 0.303 e. The molecule has 1 aliphatic carbocycles. The molecule has 1 atom stereocenters. The van der Waals surface area contributed by atoms with Crippen LogP contribution in [0.4, 0.5) is 0 Å². The van der Waals surface area contributed by atoms with Gasteiger partial charge in [0, 0.05) is 13.0 Å². The van der Waals surface area contributed by atoms with Crippen LogP contribution in [0.3, 0.4) is 0 Å². The molecular weight excluding hydrogens is 180 g/mol.